The summed E-state index contributed by atoms with van der Waals surface area (Å²) in [6, 6.07) is -0.351. The zero-order valence-electron chi connectivity index (χ0n) is 11.5. The molecule has 19 heavy (non-hydrogen) atoms. The molecule has 1 unspecified atom stereocenters. The Bertz CT molecular complexity index is 479. The highest BCUT2D eigenvalue weighted by Crippen LogP contribution is 2.21. The van der Waals surface area contributed by atoms with Gasteiger partial charge in [-0.3, -0.25) is 9.59 Å². The van der Waals surface area contributed by atoms with Crippen LogP contribution in [0.3, 0.4) is 0 Å². The fourth-order valence-corrected chi connectivity index (χ4v) is 3.14. The molecule has 1 atom stereocenters. The molecule has 5 nitrogen and oxygen atoms in total. The Hall–Kier alpha value is -1.43. The van der Waals surface area contributed by atoms with Crippen LogP contribution in [0.1, 0.15) is 35.3 Å². The maximum Gasteiger partial charge on any atom is 0.243 e. The number of nitrogens with one attached hydrogen (secondary N) is 1. The monoisotopic (exact) mass is 281 g/mol. The first-order valence-corrected chi connectivity index (χ1v) is 7.34. The third-order valence-corrected chi connectivity index (χ3v) is 4.41. The van der Waals surface area contributed by atoms with Crippen LogP contribution < -0.4 is 5.32 Å². The Morgan fingerprint density at radius 2 is 2.16 bits per heavy atom. The molecule has 6 heteroatoms. The molecule has 2 amide bonds. The molecular weight excluding hydrogens is 262 g/mol. The van der Waals surface area contributed by atoms with Crippen molar-refractivity contribution in [1.82, 2.24) is 15.2 Å². The van der Waals surface area contributed by atoms with Gasteiger partial charge < -0.3 is 10.2 Å². The molecule has 0 bridgehead atoms. The van der Waals surface area contributed by atoms with Crippen molar-refractivity contribution >= 4 is 23.2 Å². The van der Waals surface area contributed by atoms with Crippen LogP contribution in [0.2, 0.25) is 0 Å². The zero-order valence-corrected chi connectivity index (χ0v) is 12.3. The standard InChI is InChI=1S/C13H19N3O2S/c1-4-5-10-13(18)14-6-12(17)16(10)7-11-15-8(2)9(3)19-11/h10H,4-7H2,1-3H3,(H,14,18). The number of aromatic nitrogens is 1. The maximum atomic E-state index is 12.0. The van der Waals surface area contributed by atoms with Crippen molar-refractivity contribution in [1.29, 1.82) is 0 Å². The number of nitrogens with zero attached hydrogens (tertiary/aromatic N) is 2. The van der Waals surface area contributed by atoms with E-state index in [1.807, 2.05) is 20.8 Å². The second-order valence-electron chi connectivity index (χ2n) is 4.79. The zero-order chi connectivity index (χ0) is 14.0. The summed E-state index contributed by atoms with van der Waals surface area (Å²) in [6.45, 7) is 6.54. The summed E-state index contributed by atoms with van der Waals surface area (Å²) in [4.78, 5) is 31.2. The summed E-state index contributed by atoms with van der Waals surface area (Å²) in [5, 5.41) is 3.55. The first-order valence-electron chi connectivity index (χ1n) is 6.53. The number of amides is 2. The van der Waals surface area contributed by atoms with E-state index >= 15 is 0 Å². The van der Waals surface area contributed by atoms with Crippen LogP contribution in [0.4, 0.5) is 0 Å². The van der Waals surface area contributed by atoms with Gasteiger partial charge in [-0.25, -0.2) is 4.98 Å². The van der Waals surface area contributed by atoms with Crippen LogP contribution in [-0.4, -0.2) is 34.3 Å². The highest BCUT2D eigenvalue weighted by Gasteiger charge is 2.34. The summed E-state index contributed by atoms with van der Waals surface area (Å²) in [7, 11) is 0. The number of carbonyl (C=O) groups excluding carboxylic acids is 2. The number of aryl methyl sites for hydroxylation is 2. The fourth-order valence-electron chi connectivity index (χ4n) is 2.21. The lowest BCUT2D eigenvalue weighted by Crippen LogP contribution is -2.57. The summed E-state index contributed by atoms with van der Waals surface area (Å²) in [6.07, 6.45) is 1.57. The van der Waals surface area contributed by atoms with Gasteiger partial charge in [-0.1, -0.05) is 13.3 Å². The summed E-state index contributed by atoms with van der Waals surface area (Å²) in [5.74, 6) is -0.0741. The SMILES string of the molecule is CCCC1C(=O)NCC(=O)N1Cc1nc(C)c(C)s1. The second-order valence-corrected chi connectivity index (χ2v) is 6.08. The normalized spacial score (nSPS) is 19.7. The molecular formula is C13H19N3O2S. The van der Waals surface area contributed by atoms with Gasteiger partial charge >= 0.3 is 0 Å². The number of hydrogen-bond acceptors (Lipinski definition) is 4. The average Bonchev–Trinajstić information content (AvgIpc) is 2.68. The quantitative estimate of drug-likeness (QED) is 0.907. The first kappa shape index (κ1) is 14.0. The van der Waals surface area contributed by atoms with Gasteiger partial charge in [0, 0.05) is 4.88 Å². The summed E-state index contributed by atoms with van der Waals surface area (Å²) in [5.41, 5.74) is 1.00. The van der Waals surface area contributed by atoms with E-state index in [0.29, 0.717) is 13.0 Å². The molecule has 0 spiro atoms. The van der Waals surface area contributed by atoms with Gasteiger partial charge in [-0.15, -0.1) is 11.3 Å². The predicted octanol–water partition coefficient (Wildman–Crippen LogP) is 1.39. The summed E-state index contributed by atoms with van der Waals surface area (Å²) < 4.78 is 0. The topological polar surface area (TPSA) is 62.3 Å². The largest absolute Gasteiger partial charge is 0.345 e. The van der Waals surface area contributed by atoms with Crippen LogP contribution in [0.25, 0.3) is 0 Å². The molecule has 1 fully saturated rings. The number of piperazine rings is 1. The molecule has 2 heterocycles. The fraction of sp³-hybridized carbons (Fsp3) is 0.615. The number of thiazole rings is 1. The van der Waals surface area contributed by atoms with Gasteiger partial charge in [0.1, 0.15) is 11.0 Å². The Morgan fingerprint density at radius 1 is 1.42 bits per heavy atom. The Labute approximate surface area is 117 Å². The van der Waals surface area contributed by atoms with E-state index in [2.05, 4.69) is 10.3 Å². The lowest BCUT2D eigenvalue weighted by Gasteiger charge is -2.34. The molecule has 104 valence electrons. The summed E-state index contributed by atoms with van der Waals surface area (Å²) >= 11 is 1.59. The van der Waals surface area contributed by atoms with Gasteiger partial charge in [-0.05, 0) is 20.3 Å². The van der Waals surface area contributed by atoms with Crippen molar-refractivity contribution in [2.24, 2.45) is 0 Å². The third-order valence-electron chi connectivity index (χ3n) is 3.35. The van der Waals surface area contributed by atoms with Crippen LogP contribution in [0.5, 0.6) is 0 Å². The molecule has 1 aliphatic heterocycles. The van der Waals surface area contributed by atoms with Gasteiger partial charge in [0.2, 0.25) is 11.8 Å². The van der Waals surface area contributed by atoms with E-state index in [1.165, 1.54) is 0 Å². The molecule has 1 saturated heterocycles. The van der Waals surface area contributed by atoms with E-state index in [9.17, 15) is 9.59 Å². The average molecular weight is 281 g/mol. The van der Waals surface area contributed by atoms with E-state index < -0.39 is 0 Å². The van der Waals surface area contributed by atoms with Crippen LogP contribution in [-0.2, 0) is 16.1 Å². The van der Waals surface area contributed by atoms with Gasteiger partial charge in [0.05, 0.1) is 18.8 Å². The number of carbonyl (C=O) groups is 2. The van der Waals surface area contributed by atoms with Crippen molar-refractivity contribution in [3.05, 3.63) is 15.6 Å². The maximum absolute atomic E-state index is 12.0. The van der Waals surface area contributed by atoms with Crippen LogP contribution in [0, 0.1) is 13.8 Å². The molecule has 0 aliphatic carbocycles. The molecule has 0 aromatic carbocycles. The Kier molecular flexibility index (Phi) is 4.19. The second kappa shape index (κ2) is 5.69. The highest BCUT2D eigenvalue weighted by atomic mass is 32.1. The molecule has 1 aliphatic rings. The molecule has 1 aromatic heterocycles. The van der Waals surface area contributed by atoms with Crippen LogP contribution >= 0.6 is 11.3 Å². The number of hydrogen-bond donors (Lipinski definition) is 1. The molecule has 0 radical (unpaired) electrons. The van der Waals surface area contributed by atoms with Crippen molar-refractivity contribution in [2.45, 2.75) is 46.2 Å². The minimum absolute atomic E-state index is 0.0245. The van der Waals surface area contributed by atoms with Gasteiger partial charge in [0.15, 0.2) is 0 Å². The lowest BCUT2D eigenvalue weighted by atomic mass is 10.1. The third kappa shape index (κ3) is 2.94. The first-order chi connectivity index (χ1) is 9.02. The van der Waals surface area contributed by atoms with Crippen molar-refractivity contribution in [3.8, 4) is 0 Å². The molecule has 0 saturated carbocycles. The van der Waals surface area contributed by atoms with Gasteiger partial charge in [-0.2, -0.15) is 0 Å². The van der Waals surface area contributed by atoms with E-state index in [0.717, 1.165) is 22.0 Å². The van der Waals surface area contributed by atoms with Crippen LogP contribution in [0.15, 0.2) is 0 Å². The van der Waals surface area contributed by atoms with E-state index in [4.69, 9.17) is 0 Å². The lowest BCUT2D eigenvalue weighted by molar-refractivity contribution is -0.146. The highest BCUT2D eigenvalue weighted by molar-refractivity contribution is 7.11. The number of rotatable bonds is 4. The van der Waals surface area contributed by atoms with Crippen molar-refractivity contribution < 1.29 is 9.59 Å². The molecule has 1 aromatic rings. The molecule has 1 N–H and O–H groups in total. The van der Waals surface area contributed by atoms with E-state index in [-0.39, 0.29) is 24.4 Å². The van der Waals surface area contributed by atoms with Crippen molar-refractivity contribution in [3.63, 3.8) is 0 Å². The molecule has 2 rings (SSSR count). The minimum atomic E-state index is -0.351. The van der Waals surface area contributed by atoms with E-state index in [1.54, 1.807) is 16.2 Å². The smallest absolute Gasteiger partial charge is 0.243 e. The predicted molar refractivity (Wildman–Crippen MR) is 73.8 cm³/mol. The Balaban J connectivity index is 2.18. The van der Waals surface area contributed by atoms with Gasteiger partial charge in [0.25, 0.3) is 0 Å². The Morgan fingerprint density at radius 3 is 2.74 bits per heavy atom. The minimum Gasteiger partial charge on any atom is -0.345 e. The van der Waals surface area contributed by atoms with Crippen molar-refractivity contribution in [2.75, 3.05) is 6.54 Å².